The van der Waals surface area contributed by atoms with E-state index in [1.165, 1.54) is 19.2 Å². The van der Waals surface area contributed by atoms with Crippen molar-refractivity contribution < 1.29 is 18.7 Å². The van der Waals surface area contributed by atoms with E-state index in [4.69, 9.17) is 9.47 Å². The molecule has 0 radical (unpaired) electrons. The van der Waals surface area contributed by atoms with Crippen LogP contribution in [0.15, 0.2) is 18.2 Å². The van der Waals surface area contributed by atoms with Gasteiger partial charge >= 0.3 is 0 Å². The summed E-state index contributed by atoms with van der Waals surface area (Å²) in [6.07, 6.45) is 1.56. The second kappa shape index (κ2) is 6.08. The Balaban J connectivity index is 1.58. The Morgan fingerprint density at radius 1 is 1.45 bits per heavy atom. The van der Waals surface area contributed by atoms with Crippen molar-refractivity contribution in [3.63, 3.8) is 0 Å². The highest BCUT2D eigenvalue weighted by Gasteiger charge is 2.50. The summed E-state index contributed by atoms with van der Waals surface area (Å²) >= 11 is 1.91. The lowest BCUT2D eigenvalue weighted by atomic mass is 9.92. The minimum absolute atomic E-state index is 0.0667. The summed E-state index contributed by atoms with van der Waals surface area (Å²) in [4.78, 5) is 14.2. The molecule has 120 valence electrons. The van der Waals surface area contributed by atoms with E-state index in [2.05, 4.69) is 0 Å². The van der Waals surface area contributed by atoms with Crippen LogP contribution in [0.4, 0.5) is 4.39 Å². The molecule has 1 aromatic rings. The van der Waals surface area contributed by atoms with Crippen molar-refractivity contribution in [3.8, 4) is 5.75 Å². The van der Waals surface area contributed by atoms with E-state index in [1.54, 1.807) is 13.2 Å². The highest BCUT2D eigenvalue weighted by molar-refractivity contribution is 8.01. The van der Waals surface area contributed by atoms with Crippen LogP contribution >= 0.6 is 11.8 Å². The molecule has 0 saturated carbocycles. The number of halogens is 1. The minimum Gasteiger partial charge on any atom is -0.496 e. The molecular weight excluding hydrogens is 305 g/mol. The van der Waals surface area contributed by atoms with E-state index >= 15 is 0 Å². The van der Waals surface area contributed by atoms with Crippen LogP contribution in [0.3, 0.4) is 0 Å². The maximum atomic E-state index is 13.2. The van der Waals surface area contributed by atoms with Crippen molar-refractivity contribution in [1.82, 2.24) is 4.90 Å². The fourth-order valence-corrected chi connectivity index (χ4v) is 4.73. The van der Waals surface area contributed by atoms with Crippen LogP contribution in [0.1, 0.15) is 12.0 Å². The lowest BCUT2D eigenvalue weighted by molar-refractivity contribution is -0.136. The van der Waals surface area contributed by atoms with Gasteiger partial charge in [-0.2, -0.15) is 0 Å². The summed E-state index contributed by atoms with van der Waals surface area (Å²) in [6, 6.07) is 4.29. The second-order valence-electron chi connectivity index (χ2n) is 5.94. The maximum absolute atomic E-state index is 13.2. The van der Waals surface area contributed by atoms with Crippen LogP contribution in [0.25, 0.3) is 0 Å². The molecule has 0 bridgehead atoms. The smallest absolute Gasteiger partial charge is 0.227 e. The third-order valence-electron chi connectivity index (χ3n) is 4.41. The fraction of sp³-hybridized carbons (Fsp3) is 0.562. The Kier molecular flexibility index (Phi) is 4.32. The van der Waals surface area contributed by atoms with Crippen LogP contribution in [-0.2, 0) is 16.0 Å². The van der Waals surface area contributed by atoms with Crippen LogP contribution < -0.4 is 4.74 Å². The molecule has 0 N–H and O–H groups in total. The van der Waals surface area contributed by atoms with Crippen LogP contribution in [-0.4, -0.2) is 54.7 Å². The molecule has 3 rings (SSSR count). The number of carbonyl (C=O) groups excluding carboxylic acids is 1. The summed E-state index contributed by atoms with van der Waals surface area (Å²) in [7, 11) is 3.23. The lowest BCUT2D eigenvalue weighted by Gasteiger charge is -2.47. The minimum atomic E-state index is -0.357. The lowest BCUT2D eigenvalue weighted by Crippen LogP contribution is -2.61. The van der Waals surface area contributed by atoms with Crippen LogP contribution in [0.5, 0.6) is 5.75 Å². The number of hydrogen-bond acceptors (Lipinski definition) is 4. The molecule has 4 nitrogen and oxygen atoms in total. The number of nitrogens with zero attached hydrogens (tertiary/aromatic N) is 1. The maximum Gasteiger partial charge on any atom is 0.227 e. The monoisotopic (exact) mass is 325 g/mol. The van der Waals surface area contributed by atoms with Crippen molar-refractivity contribution in [3.05, 3.63) is 29.6 Å². The number of thioether (sulfide) groups is 1. The number of ether oxygens (including phenoxy) is 2. The number of likely N-dealkylation sites (tertiary alicyclic amines) is 1. The first-order valence-corrected chi connectivity index (χ1v) is 8.31. The molecule has 22 heavy (non-hydrogen) atoms. The quantitative estimate of drug-likeness (QED) is 0.850. The molecule has 2 aliphatic heterocycles. The van der Waals surface area contributed by atoms with E-state index in [-0.39, 0.29) is 22.9 Å². The van der Waals surface area contributed by atoms with Gasteiger partial charge < -0.3 is 14.4 Å². The van der Waals surface area contributed by atoms with Gasteiger partial charge in [0.2, 0.25) is 5.91 Å². The molecule has 0 aliphatic carbocycles. The SMILES string of the molecule is COc1cc(F)ccc1CC(=O)N1CC2(CC(OC)CS2)C1. The van der Waals surface area contributed by atoms with Gasteiger partial charge in [-0.25, -0.2) is 4.39 Å². The number of amides is 1. The third kappa shape index (κ3) is 2.94. The van der Waals surface area contributed by atoms with Crippen LogP contribution in [0.2, 0.25) is 0 Å². The van der Waals surface area contributed by atoms with E-state index in [0.717, 1.165) is 30.8 Å². The fourth-order valence-electron chi connectivity index (χ4n) is 3.14. The Bertz CT molecular complexity index is 575. The summed E-state index contributed by atoms with van der Waals surface area (Å²) in [5, 5.41) is 0. The number of methoxy groups -OCH3 is 2. The molecular formula is C16H20FNO3S. The summed E-state index contributed by atoms with van der Waals surface area (Å²) in [5.74, 6) is 1.14. The van der Waals surface area contributed by atoms with E-state index < -0.39 is 0 Å². The van der Waals surface area contributed by atoms with Gasteiger partial charge in [-0.05, 0) is 12.5 Å². The molecule has 1 atom stereocenters. The van der Waals surface area contributed by atoms with Crippen molar-refractivity contribution in [2.24, 2.45) is 0 Å². The van der Waals surface area contributed by atoms with Crippen LogP contribution in [0, 0.1) is 5.82 Å². The standard InChI is InChI=1S/C16H20FNO3S/c1-20-13-7-16(22-8-13)9-18(10-16)15(19)5-11-3-4-12(17)6-14(11)21-2/h3-4,6,13H,5,7-10H2,1-2H3. The van der Waals surface area contributed by atoms with Crippen molar-refractivity contribution in [2.45, 2.75) is 23.7 Å². The van der Waals surface area contributed by atoms with Gasteiger partial charge in [-0.3, -0.25) is 4.79 Å². The van der Waals surface area contributed by atoms with Crippen molar-refractivity contribution in [1.29, 1.82) is 0 Å². The summed E-state index contributed by atoms with van der Waals surface area (Å²) in [5.41, 5.74) is 0.726. The molecule has 2 fully saturated rings. The van der Waals surface area contributed by atoms with Gasteiger partial charge in [-0.15, -0.1) is 11.8 Å². The molecule has 1 aromatic carbocycles. The van der Waals surface area contributed by atoms with E-state index in [1.807, 2.05) is 16.7 Å². The van der Waals surface area contributed by atoms with Crippen molar-refractivity contribution >= 4 is 17.7 Å². The zero-order valence-electron chi connectivity index (χ0n) is 12.8. The Labute approximate surface area is 134 Å². The predicted octanol–water partition coefficient (Wildman–Crippen LogP) is 2.11. The average molecular weight is 325 g/mol. The average Bonchev–Trinajstić information content (AvgIpc) is 2.92. The molecule has 1 unspecified atom stereocenters. The zero-order valence-corrected chi connectivity index (χ0v) is 13.6. The van der Waals surface area contributed by atoms with Gasteiger partial charge in [0.25, 0.3) is 0 Å². The Hall–Kier alpha value is -1.27. The normalized spacial score (nSPS) is 22.7. The van der Waals surface area contributed by atoms with E-state index in [0.29, 0.717) is 11.9 Å². The number of rotatable bonds is 4. The first kappa shape index (κ1) is 15.6. The summed E-state index contributed by atoms with van der Waals surface area (Å²) < 4.78 is 23.9. The number of hydrogen-bond donors (Lipinski definition) is 0. The molecule has 2 aliphatic rings. The molecule has 1 amide bonds. The first-order chi connectivity index (χ1) is 10.5. The van der Waals surface area contributed by atoms with Gasteiger partial charge in [0.05, 0.1) is 24.4 Å². The Morgan fingerprint density at radius 2 is 2.23 bits per heavy atom. The predicted molar refractivity (Wildman–Crippen MR) is 83.8 cm³/mol. The number of carbonyl (C=O) groups is 1. The summed E-state index contributed by atoms with van der Waals surface area (Å²) in [6.45, 7) is 1.56. The van der Waals surface area contributed by atoms with Gasteiger partial charge in [0.1, 0.15) is 11.6 Å². The van der Waals surface area contributed by atoms with Gasteiger partial charge in [0.15, 0.2) is 0 Å². The topological polar surface area (TPSA) is 38.8 Å². The van der Waals surface area contributed by atoms with E-state index in [9.17, 15) is 9.18 Å². The number of benzene rings is 1. The molecule has 1 spiro atoms. The molecule has 6 heteroatoms. The first-order valence-electron chi connectivity index (χ1n) is 7.32. The van der Waals surface area contributed by atoms with Crippen molar-refractivity contribution in [2.75, 3.05) is 33.1 Å². The zero-order chi connectivity index (χ0) is 15.7. The highest BCUT2D eigenvalue weighted by atomic mass is 32.2. The largest absolute Gasteiger partial charge is 0.496 e. The third-order valence-corrected chi connectivity index (χ3v) is 5.99. The molecule has 2 heterocycles. The molecule has 2 saturated heterocycles. The van der Waals surface area contributed by atoms with Gasteiger partial charge in [0, 0.05) is 37.6 Å². The second-order valence-corrected chi connectivity index (χ2v) is 7.43. The highest BCUT2D eigenvalue weighted by Crippen LogP contribution is 2.46. The van der Waals surface area contributed by atoms with Gasteiger partial charge in [-0.1, -0.05) is 6.07 Å². The molecule has 0 aromatic heterocycles. The Morgan fingerprint density at radius 3 is 2.86 bits per heavy atom.